The number of halogens is 1. The van der Waals surface area contributed by atoms with E-state index < -0.39 is 9.05 Å². The van der Waals surface area contributed by atoms with Gasteiger partial charge in [-0.3, -0.25) is 0 Å². The summed E-state index contributed by atoms with van der Waals surface area (Å²) in [5.41, 5.74) is 0. The molecule has 1 rings (SSSR count). The quantitative estimate of drug-likeness (QED) is 0.671. The van der Waals surface area contributed by atoms with E-state index in [4.69, 9.17) is 20.2 Å². The topological polar surface area (TPSA) is 52.6 Å². The van der Waals surface area contributed by atoms with Crippen LogP contribution in [0.1, 0.15) is 26.2 Å². The molecule has 0 bridgehead atoms. The zero-order valence-electron chi connectivity index (χ0n) is 10.2. The van der Waals surface area contributed by atoms with Gasteiger partial charge in [0.15, 0.2) is 0 Å². The summed E-state index contributed by atoms with van der Waals surface area (Å²) < 4.78 is 32.8. The first-order valence-corrected chi connectivity index (χ1v) is 8.57. The van der Waals surface area contributed by atoms with Crippen LogP contribution in [0.4, 0.5) is 0 Å². The van der Waals surface area contributed by atoms with Crippen molar-refractivity contribution in [2.45, 2.75) is 26.2 Å². The smallest absolute Gasteiger partial charge is 0.232 e. The van der Waals surface area contributed by atoms with Crippen molar-refractivity contribution in [3.63, 3.8) is 0 Å². The fourth-order valence-electron chi connectivity index (χ4n) is 1.88. The molecule has 0 aromatic heterocycles. The summed E-state index contributed by atoms with van der Waals surface area (Å²) in [6.45, 7) is 4.73. The first-order valence-electron chi connectivity index (χ1n) is 6.09. The van der Waals surface area contributed by atoms with Crippen LogP contribution in [-0.2, 0) is 18.5 Å². The van der Waals surface area contributed by atoms with Gasteiger partial charge in [-0.05, 0) is 24.7 Å². The molecule has 0 aromatic carbocycles. The van der Waals surface area contributed by atoms with Gasteiger partial charge in [-0.15, -0.1) is 0 Å². The lowest BCUT2D eigenvalue weighted by molar-refractivity contribution is 0.0129. The number of rotatable bonds is 7. The van der Waals surface area contributed by atoms with Crippen LogP contribution in [0.5, 0.6) is 0 Å². The number of hydrogen-bond donors (Lipinski definition) is 0. The molecule has 0 N–H and O–H groups in total. The molecule has 17 heavy (non-hydrogen) atoms. The molecule has 0 saturated carbocycles. The Kier molecular flexibility index (Phi) is 6.77. The second-order valence-electron chi connectivity index (χ2n) is 4.57. The maximum absolute atomic E-state index is 11.0. The second kappa shape index (κ2) is 7.56. The van der Waals surface area contributed by atoms with Crippen LogP contribution in [0.15, 0.2) is 0 Å². The summed E-state index contributed by atoms with van der Waals surface area (Å²) in [6.07, 6.45) is 2.83. The van der Waals surface area contributed by atoms with Gasteiger partial charge in [-0.25, -0.2) is 8.42 Å². The van der Waals surface area contributed by atoms with E-state index in [-0.39, 0.29) is 11.7 Å². The highest BCUT2D eigenvalue weighted by Gasteiger charge is 2.18. The molecule has 1 fully saturated rings. The van der Waals surface area contributed by atoms with E-state index in [0.717, 1.165) is 32.5 Å². The lowest BCUT2D eigenvalue weighted by Gasteiger charge is -2.22. The van der Waals surface area contributed by atoms with Crippen molar-refractivity contribution in [2.24, 2.45) is 11.8 Å². The lowest BCUT2D eigenvalue weighted by atomic mass is 10.0. The molecule has 1 aliphatic rings. The third kappa shape index (κ3) is 7.24. The number of ether oxygens (including phenoxy) is 2. The van der Waals surface area contributed by atoms with Crippen LogP contribution in [-0.4, -0.2) is 40.6 Å². The van der Waals surface area contributed by atoms with Crippen LogP contribution >= 0.6 is 10.7 Å². The average Bonchev–Trinajstić information content (AvgIpc) is 2.27. The molecule has 1 heterocycles. The molecule has 0 aromatic rings. The Morgan fingerprint density at radius 3 is 2.59 bits per heavy atom. The number of hydrogen-bond acceptors (Lipinski definition) is 4. The maximum atomic E-state index is 11.0. The Morgan fingerprint density at radius 1 is 1.41 bits per heavy atom. The van der Waals surface area contributed by atoms with Gasteiger partial charge in [0.2, 0.25) is 9.05 Å². The molecule has 1 saturated heterocycles. The minimum Gasteiger partial charge on any atom is -0.381 e. The molecule has 0 radical (unpaired) electrons. The fourth-order valence-corrected chi connectivity index (χ4v) is 3.31. The predicted octanol–water partition coefficient (Wildman–Crippen LogP) is 2.02. The summed E-state index contributed by atoms with van der Waals surface area (Å²) in [5.74, 6) is 0.546. The third-order valence-electron chi connectivity index (χ3n) is 3.06. The van der Waals surface area contributed by atoms with Crippen LogP contribution in [0, 0.1) is 11.8 Å². The van der Waals surface area contributed by atoms with E-state index in [1.54, 1.807) is 0 Å². The van der Waals surface area contributed by atoms with Crippen LogP contribution in [0.2, 0.25) is 0 Å². The molecule has 0 spiro atoms. The molecule has 6 heteroatoms. The third-order valence-corrected chi connectivity index (χ3v) is 4.31. The Balaban J connectivity index is 2.18. The standard InChI is InChI=1S/C11H21ClO4S/c1-2-10(9-17(12,13)14)7-16-8-11-3-5-15-6-4-11/h10-11H,2-9H2,1H3. The zero-order valence-corrected chi connectivity index (χ0v) is 11.8. The molecular weight excluding hydrogens is 264 g/mol. The van der Waals surface area contributed by atoms with E-state index in [1.165, 1.54) is 0 Å². The van der Waals surface area contributed by atoms with Gasteiger partial charge in [0.25, 0.3) is 0 Å². The molecule has 1 aliphatic heterocycles. The van der Waals surface area contributed by atoms with Crippen LogP contribution in [0.3, 0.4) is 0 Å². The fraction of sp³-hybridized carbons (Fsp3) is 1.00. The Hall–Kier alpha value is 0.160. The van der Waals surface area contributed by atoms with E-state index in [1.807, 2.05) is 6.92 Å². The SMILES string of the molecule is CCC(COCC1CCOCC1)CS(=O)(=O)Cl. The van der Waals surface area contributed by atoms with Gasteiger partial charge < -0.3 is 9.47 Å². The largest absolute Gasteiger partial charge is 0.381 e. The molecule has 1 unspecified atom stereocenters. The van der Waals surface area contributed by atoms with Crippen molar-refractivity contribution in [3.05, 3.63) is 0 Å². The van der Waals surface area contributed by atoms with Gasteiger partial charge in [0, 0.05) is 30.5 Å². The minimum absolute atomic E-state index is 0.00116. The average molecular weight is 285 g/mol. The molecule has 0 amide bonds. The summed E-state index contributed by atoms with van der Waals surface area (Å²) in [7, 11) is 1.82. The maximum Gasteiger partial charge on any atom is 0.232 e. The zero-order chi connectivity index (χ0) is 12.7. The van der Waals surface area contributed by atoms with Crippen molar-refractivity contribution in [1.29, 1.82) is 0 Å². The molecule has 0 aliphatic carbocycles. The van der Waals surface area contributed by atoms with Crippen molar-refractivity contribution >= 4 is 19.7 Å². The van der Waals surface area contributed by atoms with Gasteiger partial charge in [-0.2, -0.15) is 0 Å². The van der Waals surface area contributed by atoms with E-state index in [0.29, 0.717) is 19.1 Å². The monoisotopic (exact) mass is 284 g/mol. The van der Waals surface area contributed by atoms with Gasteiger partial charge in [-0.1, -0.05) is 13.3 Å². The van der Waals surface area contributed by atoms with Crippen molar-refractivity contribution in [3.8, 4) is 0 Å². The normalized spacial score (nSPS) is 20.4. The van der Waals surface area contributed by atoms with Crippen LogP contribution < -0.4 is 0 Å². The van der Waals surface area contributed by atoms with Gasteiger partial charge in [0.05, 0.1) is 12.4 Å². The van der Waals surface area contributed by atoms with Crippen molar-refractivity contribution in [1.82, 2.24) is 0 Å². The van der Waals surface area contributed by atoms with Crippen molar-refractivity contribution in [2.75, 3.05) is 32.2 Å². The van der Waals surface area contributed by atoms with Gasteiger partial charge >= 0.3 is 0 Å². The predicted molar refractivity (Wildman–Crippen MR) is 67.8 cm³/mol. The van der Waals surface area contributed by atoms with E-state index in [9.17, 15) is 8.42 Å². The molecule has 102 valence electrons. The highest BCUT2D eigenvalue weighted by Crippen LogP contribution is 2.16. The van der Waals surface area contributed by atoms with Gasteiger partial charge in [0.1, 0.15) is 0 Å². The summed E-state index contributed by atoms with van der Waals surface area (Å²) in [5, 5.41) is 0. The second-order valence-corrected chi connectivity index (χ2v) is 7.39. The van der Waals surface area contributed by atoms with E-state index >= 15 is 0 Å². The molecule has 1 atom stereocenters. The Labute approximate surface area is 108 Å². The van der Waals surface area contributed by atoms with E-state index in [2.05, 4.69) is 0 Å². The van der Waals surface area contributed by atoms with Crippen LogP contribution in [0.25, 0.3) is 0 Å². The Bertz CT molecular complexity index is 299. The highest BCUT2D eigenvalue weighted by atomic mass is 35.7. The summed E-state index contributed by atoms with van der Waals surface area (Å²) in [6, 6.07) is 0. The summed E-state index contributed by atoms with van der Waals surface area (Å²) >= 11 is 0. The lowest BCUT2D eigenvalue weighted by Crippen LogP contribution is -2.23. The Morgan fingerprint density at radius 2 is 2.06 bits per heavy atom. The highest BCUT2D eigenvalue weighted by molar-refractivity contribution is 8.13. The minimum atomic E-state index is -3.42. The molecular formula is C11H21ClO4S. The first-order chi connectivity index (χ1) is 8.01. The van der Waals surface area contributed by atoms with Crippen molar-refractivity contribution < 1.29 is 17.9 Å². The summed E-state index contributed by atoms with van der Waals surface area (Å²) in [4.78, 5) is 0. The first kappa shape index (κ1) is 15.2. The molecule has 4 nitrogen and oxygen atoms in total.